The van der Waals surface area contributed by atoms with Crippen LogP contribution in [0.3, 0.4) is 0 Å². The molecule has 1 aromatic carbocycles. The van der Waals surface area contributed by atoms with Crippen LogP contribution in [-0.4, -0.2) is 48.0 Å². The van der Waals surface area contributed by atoms with Gasteiger partial charge < -0.3 is 10.1 Å². The molecule has 10 heteroatoms. The van der Waals surface area contributed by atoms with E-state index in [1.165, 1.54) is 6.92 Å². The highest BCUT2D eigenvalue weighted by molar-refractivity contribution is 5.96. The monoisotopic (exact) mass is 397 g/mol. The van der Waals surface area contributed by atoms with Crippen LogP contribution in [-0.2, 0) is 27.9 Å². The van der Waals surface area contributed by atoms with Crippen molar-refractivity contribution in [2.45, 2.75) is 40.3 Å². The molecule has 3 rings (SSSR count). The zero-order chi connectivity index (χ0) is 21.1. The van der Waals surface area contributed by atoms with Gasteiger partial charge in [-0.3, -0.25) is 9.48 Å². The first-order valence-corrected chi connectivity index (χ1v) is 9.10. The molecule has 10 nitrogen and oxygen atoms in total. The molecule has 0 aliphatic rings. The summed E-state index contributed by atoms with van der Waals surface area (Å²) in [5.74, 6) is -0.671. The van der Waals surface area contributed by atoms with Gasteiger partial charge >= 0.3 is 5.97 Å². The largest absolute Gasteiger partial charge is 0.451 e. The van der Waals surface area contributed by atoms with Crippen LogP contribution in [0.5, 0.6) is 0 Å². The first-order valence-electron chi connectivity index (χ1n) is 9.10. The maximum atomic E-state index is 12.4. The normalized spacial score (nSPS) is 11.9. The van der Waals surface area contributed by atoms with Gasteiger partial charge in [0.25, 0.3) is 5.91 Å². The summed E-state index contributed by atoms with van der Waals surface area (Å²) in [7, 11) is 1.79. The Morgan fingerprint density at radius 3 is 2.45 bits per heavy atom. The molecular weight excluding hydrogens is 374 g/mol. The minimum Gasteiger partial charge on any atom is -0.451 e. The molecule has 1 amide bonds. The van der Waals surface area contributed by atoms with Gasteiger partial charge in [-0.25, -0.2) is 4.79 Å². The molecule has 0 fully saturated rings. The van der Waals surface area contributed by atoms with E-state index in [4.69, 9.17) is 4.74 Å². The predicted molar refractivity (Wildman–Crippen MR) is 105 cm³/mol. The number of amides is 1. The van der Waals surface area contributed by atoms with E-state index in [9.17, 15) is 9.59 Å². The van der Waals surface area contributed by atoms with Crippen LogP contribution in [0.2, 0.25) is 0 Å². The van der Waals surface area contributed by atoms with E-state index in [-0.39, 0.29) is 6.54 Å². The van der Waals surface area contributed by atoms with Crippen LogP contribution in [0.25, 0.3) is 11.4 Å². The molecule has 0 saturated heterocycles. The lowest BCUT2D eigenvalue weighted by molar-refractivity contribution is -0.154. The third kappa shape index (κ3) is 4.65. The third-order valence-electron chi connectivity index (χ3n) is 4.47. The fraction of sp³-hybridized carbons (Fsp3) is 0.368. The Labute approximate surface area is 167 Å². The lowest BCUT2D eigenvalue weighted by atomic mass is 10.1. The van der Waals surface area contributed by atoms with Crippen molar-refractivity contribution < 1.29 is 14.3 Å². The second-order valence-corrected chi connectivity index (χ2v) is 6.80. The van der Waals surface area contributed by atoms with E-state index in [0.29, 0.717) is 17.2 Å². The first-order chi connectivity index (χ1) is 13.7. The van der Waals surface area contributed by atoms with Crippen LogP contribution in [0.4, 0.5) is 5.69 Å². The number of nitrogens with one attached hydrogen (secondary N) is 1. The van der Waals surface area contributed by atoms with Crippen molar-refractivity contribution in [1.29, 1.82) is 0 Å². The number of carbonyl (C=O) groups is 2. The number of anilines is 1. The van der Waals surface area contributed by atoms with Gasteiger partial charge in [0.2, 0.25) is 5.82 Å². The van der Waals surface area contributed by atoms with Gasteiger partial charge in [0.1, 0.15) is 0 Å². The van der Waals surface area contributed by atoms with Crippen LogP contribution >= 0.6 is 0 Å². The van der Waals surface area contributed by atoms with Crippen molar-refractivity contribution in [3.8, 4) is 11.4 Å². The summed E-state index contributed by atoms with van der Waals surface area (Å²) in [6, 6.07) is 7.64. The van der Waals surface area contributed by atoms with Crippen molar-refractivity contribution in [3.05, 3.63) is 41.2 Å². The molecule has 0 aliphatic heterocycles. The Morgan fingerprint density at radius 1 is 1.14 bits per heavy atom. The average Bonchev–Trinajstić information content (AvgIpc) is 3.22. The Morgan fingerprint density at radius 2 is 1.83 bits per heavy atom. The SMILES string of the molecule is Cc1ccc(-c2nnn(CC(=O)OC(C)C(=O)Nc3c(C)nn(C)c3C)n2)cc1. The van der Waals surface area contributed by atoms with E-state index in [1.807, 2.05) is 38.1 Å². The van der Waals surface area contributed by atoms with E-state index < -0.39 is 18.0 Å². The third-order valence-corrected chi connectivity index (χ3v) is 4.47. The minimum atomic E-state index is -0.985. The molecule has 1 atom stereocenters. The molecule has 0 saturated carbocycles. The molecule has 29 heavy (non-hydrogen) atoms. The Balaban J connectivity index is 1.57. The second kappa shape index (κ2) is 8.21. The lowest BCUT2D eigenvalue weighted by Gasteiger charge is -2.13. The lowest BCUT2D eigenvalue weighted by Crippen LogP contribution is -2.31. The molecule has 152 valence electrons. The zero-order valence-electron chi connectivity index (χ0n) is 17.0. The summed E-state index contributed by atoms with van der Waals surface area (Å²) < 4.78 is 6.87. The molecule has 1 unspecified atom stereocenters. The highest BCUT2D eigenvalue weighted by atomic mass is 16.5. The molecule has 0 bridgehead atoms. The number of benzene rings is 1. The van der Waals surface area contributed by atoms with E-state index in [0.717, 1.165) is 21.6 Å². The summed E-state index contributed by atoms with van der Waals surface area (Å²) in [4.78, 5) is 25.7. The van der Waals surface area contributed by atoms with Gasteiger partial charge in [-0.2, -0.15) is 9.90 Å². The summed E-state index contributed by atoms with van der Waals surface area (Å²) in [6.45, 7) is 6.87. The molecule has 3 aromatic rings. The van der Waals surface area contributed by atoms with Gasteiger partial charge in [-0.05, 0) is 32.9 Å². The van der Waals surface area contributed by atoms with E-state index in [1.54, 1.807) is 18.7 Å². The summed E-state index contributed by atoms with van der Waals surface area (Å²) in [5.41, 5.74) is 4.03. The van der Waals surface area contributed by atoms with Crippen LogP contribution in [0.1, 0.15) is 23.9 Å². The average molecular weight is 397 g/mol. The molecular formula is C19H23N7O3. The fourth-order valence-corrected chi connectivity index (χ4v) is 2.71. The number of aryl methyl sites for hydroxylation is 3. The molecule has 2 heterocycles. The van der Waals surface area contributed by atoms with Gasteiger partial charge in [-0.1, -0.05) is 29.8 Å². The molecule has 0 radical (unpaired) electrons. The smallest absolute Gasteiger partial charge is 0.330 e. The zero-order valence-corrected chi connectivity index (χ0v) is 17.0. The summed E-state index contributed by atoms with van der Waals surface area (Å²) >= 11 is 0. The number of ether oxygens (including phenoxy) is 1. The quantitative estimate of drug-likeness (QED) is 0.627. The number of tetrazole rings is 1. The number of esters is 1. The van der Waals surface area contributed by atoms with Crippen LogP contribution in [0, 0.1) is 20.8 Å². The summed E-state index contributed by atoms with van der Waals surface area (Å²) in [6.07, 6.45) is -0.985. The first kappa shape index (κ1) is 20.2. The van der Waals surface area contributed by atoms with Gasteiger partial charge in [-0.15, -0.1) is 10.2 Å². The van der Waals surface area contributed by atoms with Gasteiger partial charge in [0.15, 0.2) is 12.6 Å². The summed E-state index contributed by atoms with van der Waals surface area (Å²) in [5, 5.41) is 19.0. The number of carbonyl (C=O) groups excluding carboxylic acids is 2. The maximum Gasteiger partial charge on any atom is 0.330 e. The number of nitrogens with zero attached hydrogens (tertiary/aromatic N) is 6. The number of aromatic nitrogens is 6. The number of hydrogen-bond donors (Lipinski definition) is 1. The highest BCUT2D eigenvalue weighted by Gasteiger charge is 2.21. The van der Waals surface area contributed by atoms with Crippen molar-refractivity contribution in [3.63, 3.8) is 0 Å². The van der Waals surface area contributed by atoms with E-state index in [2.05, 4.69) is 25.8 Å². The Kier molecular flexibility index (Phi) is 5.71. The Bertz CT molecular complexity index is 1040. The number of rotatable bonds is 6. The standard InChI is InChI=1S/C19H23N7O3/c1-11-6-8-15(9-7-11)18-21-24-26(23-18)10-16(27)29-14(4)19(28)20-17-12(2)22-25(5)13(17)3/h6-9,14H,10H2,1-5H3,(H,20,28). The maximum absolute atomic E-state index is 12.4. The van der Waals surface area contributed by atoms with E-state index >= 15 is 0 Å². The predicted octanol–water partition coefficient (Wildman–Crippen LogP) is 1.57. The van der Waals surface area contributed by atoms with Gasteiger partial charge in [0, 0.05) is 12.6 Å². The van der Waals surface area contributed by atoms with Crippen LogP contribution in [0.15, 0.2) is 24.3 Å². The molecule has 1 N–H and O–H groups in total. The minimum absolute atomic E-state index is 0.249. The fourth-order valence-electron chi connectivity index (χ4n) is 2.71. The highest BCUT2D eigenvalue weighted by Crippen LogP contribution is 2.19. The topological polar surface area (TPSA) is 117 Å². The molecule has 2 aromatic heterocycles. The Hall–Kier alpha value is -3.56. The van der Waals surface area contributed by atoms with Crippen molar-refractivity contribution in [2.75, 3.05) is 5.32 Å². The van der Waals surface area contributed by atoms with Crippen molar-refractivity contribution >= 4 is 17.6 Å². The number of hydrogen-bond acceptors (Lipinski definition) is 7. The second-order valence-electron chi connectivity index (χ2n) is 6.80. The molecule has 0 aliphatic carbocycles. The molecule has 0 spiro atoms. The van der Waals surface area contributed by atoms with Crippen molar-refractivity contribution in [1.82, 2.24) is 30.0 Å². The van der Waals surface area contributed by atoms with Gasteiger partial charge in [0.05, 0.1) is 17.1 Å². The van der Waals surface area contributed by atoms with Crippen molar-refractivity contribution in [2.24, 2.45) is 7.05 Å². The van der Waals surface area contributed by atoms with Crippen LogP contribution < -0.4 is 5.32 Å².